The molecule has 3 aliphatic rings. The number of carbonyl (C=O) groups is 6. The summed E-state index contributed by atoms with van der Waals surface area (Å²) >= 11 is 0. The van der Waals surface area contributed by atoms with Crippen LogP contribution in [0.3, 0.4) is 0 Å². The molecule has 13 nitrogen and oxygen atoms in total. The van der Waals surface area contributed by atoms with Gasteiger partial charge in [0, 0.05) is 27.7 Å². The number of carbonyl (C=O) groups excluding carboxylic acids is 6. The van der Waals surface area contributed by atoms with E-state index in [2.05, 4.69) is 0 Å². The van der Waals surface area contributed by atoms with Crippen molar-refractivity contribution in [2.45, 2.75) is 96.6 Å². The number of esters is 6. The largest absolute Gasteiger partial charge is 0.465 e. The first-order valence-corrected chi connectivity index (χ1v) is 16.4. The first-order chi connectivity index (χ1) is 23.5. The van der Waals surface area contributed by atoms with Gasteiger partial charge in [0.1, 0.15) is 35.9 Å². The Labute approximate surface area is 289 Å². The van der Waals surface area contributed by atoms with Gasteiger partial charge in [0.15, 0.2) is 12.2 Å². The molecule has 50 heavy (non-hydrogen) atoms. The molecule has 2 aromatic carbocycles. The van der Waals surface area contributed by atoms with Gasteiger partial charge in [-0.3, -0.25) is 19.2 Å². The van der Waals surface area contributed by atoms with Crippen LogP contribution in [0.4, 0.5) is 0 Å². The first-order valence-electron chi connectivity index (χ1n) is 16.4. The van der Waals surface area contributed by atoms with Crippen molar-refractivity contribution in [3.8, 4) is 0 Å². The lowest BCUT2D eigenvalue weighted by atomic mass is 9.47. The lowest BCUT2D eigenvalue weighted by molar-refractivity contribution is -0.328. The van der Waals surface area contributed by atoms with Crippen molar-refractivity contribution < 1.29 is 61.9 Å². The number of ether oxygens (including phenoxy) is 7. The fraction of sp³-hybridized carbons (Fsp3) is 0.514. The molecule has 1 aliphatic heterocycles. The third kappa shape index (κ3) is 6.34. The number of benzene rings is 2. The summed E-state index contributed by atoms with van der Waals surface area (Å²) in [5.41, 5.74) is -4.72. The number of fused-ring (bicyclic) bond motifs is 1. The van der Waals surface area contributed by atoms with E-state index in [1.165, 1.54) is 38.1 Å². The van der Waals surface area contributed by atoms with Crippen LogP contribution in [0.15, 0.2) is 60.7 Å². The lowest BCUT2D eigenvalue weighted by Gasteiger charge is -2.64. The molecular weight excluding hydrogens is 652 g/mol. The molecule has 2 saturated carbocycles. The summed E-state index contributed by atoms with van der Waals surface area (Å²) in [6, 6.07) is 16.1. The summed E-state index contributed by atoms with van der Waals surface area (Å²) in [5, 5.41) is 0. The predicted molar refractivity (Wildman–Crippen MR) is 172 cm³/mol. The Morgan fingerprint density at radius 2 is 1.16 bits per heavy atom. The van der Waals surface area contributed by atoms with Gasteiger partial charge in [-0.25, -0.2) is 9.59 Å². The molecule has 1 saturated heterocycles. The van der Waals surface area contributed by atoms with E-state index in [9.17, 15) is 28.8 Å². The van der Waals surface area contributed by atoms with Gasteiger partial charge in [-0.15, -0.1) is 0 Å². The second kappa shape index (κ2) is 13.9. The molecule has 268 valence electrons. The zero-order valence-electron chi connectivity index (χ0n) is 29.0. The molecule has 2 bridgehead atoms. The van der Waals surface area contributed by atoms with E-state index in [0.717, 1.165) is 13.8 Å². The van der Waals surface area contributed by atoms with Crippen molar-refractivity contribution in [1.29, 1.82) is 0 Å². The minimum Gasteiger partial charge on any atom is -0.465 e. The van der Waals surface area contributed by atoms with Crippen LogP contribution in [0.5, 0.6) is 0 Å². The molecule has 2 aromatic rings. The fourth-order valence-electron chi connectivity index (χ4n) is 8.38. The van der Waals surface area contributed by atoms with Crippen molar-refractivity contribution in [3.63, 3.8) is 0 Å². The first kappa shape index (κ1) is 36.5. The molecular formula is C37H42O13. The minimum atomic E-state index is -2.02. The molecule has 1 heterocycles. The lowest BCUT2D eigenvalue weighted by Crippen LogP contribution is -2.81. The van der Waals surface area contributed by atoms with Crippen molar-refractivity contribution >= 4 is 35.8 Å². The highest BCUT2D eigenvalue weighted by atomic mass is 16.6. The van der Waals surface area contributed by atoms with Gasteiger partial charge in [0.2, 0.25) is 0 Å². The second-order valence-corrected chi connectivity index (χ2v) is 13.6. The molecule has 5 rings (SSSR count). The molecule has 3 fully saturated rings. The average molecular weight is 695 g/mol. The normalized spacial score (nSPS) is 32.0. The quantitative estimate of drug-likeness (QED) is 0.273. The van der Waals surface area contributed by atoms with Crippen LogP contribution < -0.4 is 0 Å². The smallest absolute Gasteiger partial charge is 0.338 e. The molecule has 1 spiro atoms. The standard InChI is InChI=1S/C37H42O13/c1-20-18-27(45-22(3)39)30(49-34(43)26-16-12-9-13-17-26)36(19-44-21(2)38)32(47-24(5)41)29(48-33(42)25-14-10-8-11-15-25)28-31(46-23(4)40)37(20,36)50-35(28,6)7/h8-17,20,27-32H,18-19H2,1-7H3/t20-,27-,28+,29+,30-,31+,32+,36+,37-/m0/s1. The van der Waals surface area contributed by atoms with Crippen LogP contribution in [0, 0.1) is 17.3 Å². The maximum absolute atomic E-state index is 14.0. The average Bonchev–Trinajstić information content (AvgIpc) is 3.24. The summed E-state index contributed by atoms with van der Waals surface area (Å²) in [6.45, 7) is 9.25. The van der Waals surface area contributed by atoms with Gasteiger partial charge < -0.3 is 33.2 Å². The molecule has 0 unspecified atom stereocenters. The van der Waals surface area contributed by atoms with E-state index >= 15 is 0 Å². The van der Waals surface area contributed by atoms with E-state index in [1.54, 1.807) is 57.2 Å². The van der Waals surface area contributed by atoms with Gasteiger partial charge >= 0.3 is 35.8 Å². The molecule has 13 heteroatoms. The predicted octanol–water partition coefficient (Wildman–Crippen LogP) is 4.00. The summed E-state index contributed by atoms with van der Waals surface area (Å²) in [5.74, 6) is -6.30. The van der Waals surface area contributed by atoms with Crippen molar-refractivity contribution in [3.05, 3.63) is 71.8 Å². The van der Waals surface area contributed by atoms with Crippen LogP contribution in [-0.2, 0) is 52.3 Å². The minimum absolute atomic E-state index is 0.0238. The Balaban J connectivity index is 1.85. The summed E-state index contributed by atoms with van der Waals surface area (Å²) in [4.78, 5) is 79.2. The second-order valence-electron chi connectivity index (χ2n) is 13.6. The SMILES string of the molecule is CC(=O)OC[C@@]12[C@H](OC(C)=O)[C@H](OC(=O)c3ccccc3)[C@@H]3[C@@H](OC(C)=O)[C@@]1(OC3(C)C)[C@@H](C)C[C@H](OC(C)=O)[C@@H]2OC(=O)c1ccccc1. The topological polar surface area (TPSA) is 167 Å². The molecule has 0 radical (unpaired) electrons. The number of hydrogen-bond donors (Lipinski definition) is 0. The fourth-order valence-corrected chi connectivity index (χ4v) is 8.38. The van der Waals surface area contributed by atoms with Crippen LogP contribution >= 0.6 is 0 Å². The van der Waals surface area contributed by atoms with E-state index in [4.69, 9.17) is 33.2 Å². The van der Waals surface area contributed by atoms with Gasteiger partial charge in [-0.05, 0) is 50.5 Å². The zero-order valence-corrected chi connectivity index (χ0v) is 29.0. The van der Waals surface area contributed by atoms with E-state index < -0.39 is 101 Å². The van der Waals surface area contributed by atoms with Crippen LogP contribution in [-0.4, -0.2) is 84.1 Å². The highest BCUT2D eigenvalue weighted by molar-refractivity contribution is 5.90. The van der Waals surface area contributed by atoms with Gasteiger partial charge in [-0.1, -0.05) is 43.3 Å². The van der Waals surface area contributed by atoms with Crippen LogP contribution in [0.2, 0.25) is 0 Å². The third-order valence-electron chi connectivity index (χ3n) is 9.95. The van der Waals surface area contributed by atoms with E-state index in [1.807, 2.05) is 0 Å². The Hall–Kier alpha value is -4.78. The Bertz CT molecular complexity index is 1640. The summed E-state index contributed by atoms with van der Waals surface area (Å²) in [6.07, 6.45) is -7.03. The summed E-state index contributed by atoms with van der Waals surface area (Å²) in [7, 11) is 0. The van der Waals surface area contributed by atoms with Crippen molar-refractivity contribution in [2.24, 2.45) is 17.3 Å². The number of rotatable bonds is 9. The zero-order chi connectivity index (χ0) is 36.6. The Morgan fingerprint density at radius 1 is 0.660 bits per heavy atom. The van der Waals surface area contributed by atoms with Crippen LogP contribution in [0.25, 0.3) is 0 Å². The maximum Gasteiger partial charge on any atom is 0.338 e. The third-order valence-corrected chi connectivity index (χ3v) is 9.95. The van der Waals surface area contributed by atoms with Gasteiger partial charge in [0.05, 0.1) is 22.6 Å². The van der Waals surface area contributed by atoms with Crippen molar-refractivity contribution in [1.82, 2.24) is 0 Å². The Kier molecular flexibility index (Phi) is 10.1. The van der Waals surface area contributed by atoms with Gasteiger partial charge in [0.25, 0.3) is 0 Å². The highest BCUT2D eigenvalue weighted by Gasteiger charge is 2.85. The molecule has 2 aliphatic carbocycles. The molecule has 0 N–H and O–H groups in total. The molecule has 9 atom stereocenters. The monoisotopic (exact) mass is 694 g/mol. The Morgan fingerprint density at radius 3 is 1.66 bits per heavy atom. The highest BCUT2D eigenvalue weighted by Crippen LogP contribution is 2.68. The molecule has 0 amide bonds. The number of hydrogen-bond acceptors (Lipinski definition) is 13. The van der Waals surface area contributed by atoms with Crippen LogP contribution in [0.1, 0.15) is 75.6 Å². The molecule has 0 aromatic heterocycles. The van der Waals surface area contributed by atoms with Gasteiger partial charge in [-0.2, -0.15) is 0 Å². The summed E-state index contributed by atoms with van der Waals surface area (Å²) < 4.78 is 43.4. The van der Waals surface area contributed by atoms with E-state index in [0.29, 0.717) is 0 Å². The van der Waals surface area contributed by atoms with E-state index in [-0.39, 0.29) is 17.5 Å². The van der Waals surface area contributed by atoms with Crippen molar-refractivity contribution in [2.75, 3.05) is 6.61 Å². The maximum atomic E-state index is 14.0.